The molecule has 1 aromatic carbocycles. The van der Waals surface area contributed by atoms with Gasteiger partial charge in [-0.1, -0.05) is 27.2 Å². The number of rotatable bonds is 3. The van der Waals surface area contributed by atoms with Crippen molar-refractivity contribution in [2.75, 3.05) is 0 Å². The number of Topliss-reactive ketones (excluding diaryl/α,β-unsaturated/α-hetero) is 1. The van der Waals surface area contributed by atoms with Crippen LogP contribution < -0.4 is 4.74 Å². The van der Waals surface area contributed by atoms with Crippen LogP contribution in [0.5, 0.6) is 11.5 Å². The van der Waals surface area contributed by atoms with Crippen LogP contribution in [0.3, 0.4) is 0 Å². The maximum atomic E-state index is 12.3. The molecule has 0 aliphatic carbocycles. The van der Waals surface area contributed by atoms with Crippen molar-refractivity contribution in [2.45, 2.75) is 46.1 Å². The molecule has 0 aromatic heterocycles. The Hall–Kier alpha value is -1.51. The average molecular weight is 248 g/mol. The van der Waals surface area contributed by atoms with Gasteiger partial charge >= 0.3 is 0 Å². The van der Waals surface area contributed by atoms with E-state index in [1.54, 1.807) is 12.1 Å². The second kappa shape index (κ2) is 5.01. The fraction of sp³-hybridized carbons (Fsp3) is 0.533. The van der Waals surface area contributed by atoms with Crippen molar-refractivity contribution >= 4 is 5.78 Å². The topological polar surface area (TPSA) is 46.5 Å². The van der Waals surface area contributed by atoms with Gasteiger partial charge in [-0.2, -0.15) is 0 Å². The molecule has 0 amide bonds. The standard InChI is InChI=1S/C15H20O3/c1-4-6-13-9(3)14(17)11-7-8-12(16)10(5-2)15(11)18-13/h7-9,13,16H,4-6H2,1-3H3/t9-,13-/m1/s1. The van der Waals surface area contributed by atoms with Crippen LogP contribution in [0, 0.1) is 5.92 Å². The number of fused-ring (bicyclic) bond motifs is 1. The Bertz CT molecular complexity index is 465. The Morgan fingerprint density at radius 1 is 1.33 bits per heavy atom. The van der Waals surface area contributed by atoms with Gasteiger partial charge in [-0.3, -0.25) is 4.79 Å². The van der Waals surface area contributed by atoms with Crippen LogP contribution in [0.4, 0.5) is 0 Å². The highest BCUT2D eigenvalue weighted by atomic mass is 16.5. The SMILES string of the molecule is CCC[C@H]1Oc2c(ccc(O)c2CC)C(=O)[C@@H]1C. The second-order valence-electron chi connectivity index (χ2n) is 4.89. The van der Waals surface area contributed by atoms with E-state index in [1.165, 1.54) is 0 Å². The molecule has 3 heteroatoms. The van der Waals surface area contributed by atoms with Gasteiger partial charge in [0.15, 0.2) is 5.78 Å². The summed E-state index contributed by atoms with van der Waals surface area (Å²) in [6, 6.07) is 3.26. The Morgan fingerprint density at radius 3 is 2.67 bits per heavy atom. The van der Waals surface area contributed by atoms with E-state index in [9.17, 15) is 9.90 Å². The van der Waals surface area contributed by atoms with Gasteiger partial charge in [0, 0.05) is 5.56 Å². The van der Waals surface area contributed by atoms with Crippen LogP contribution in [-0.2, 0) is 6.42 Å². The fourth-order valence-electron chi connectivity index (χ4n) is 2.55. The first-order valence-electron chi connectivity index (χ1n) is 6.65. The number of aromatic hydroxyl groups is 1. The number of ether oxygens (including phenoxy) is 1. The van der Waals surface area contributed by atoms with Gasteiger partial charge in [0.1, 0.15) is 17.6 Å². The molecule has 3 nitrogen and oxygen atoms in total. The lowest BCUT2D eigenvalue weighted by atomic mass is 9.87. The fourth-order valence-corrected chi connectivity index (χ4v) is 2.55. The number of carbonyl (C=O) groups is 1. The van der Waals surface area contributed by atoms with Crippen molar-refractivity contribution in [2.24, 2.45) is 5.92 Å². The van der Waals surface area contributed by atoms with Crippen LogP contribution in [0.25, 0.3) is 0 Å². The monoisotopic (exact) mass is 248 g/mol. The van der Waals surface area contributed by atoms with E-state index in [-0.39, 0.29) is 23.6 Å². The number of benzene rings is 1. The molecule has 0 saturated carbocycles. The summed E-state index contributed by atoms with van der Waals surface area (Å²) >= 11 is 0. The van der Waals surface area contributed by atoms with E-state index in [0.29, 0.717) is 17.7 Å². The zero-order valence-electron chi connectivity index (χ0n) is 11.2. The molecule has 98 valence electrons. The van der Waals surface area contributed by atoms with Crippen molar-refractivity contribution in [3.63, 3.8) is 0 Å². The van der Waals surface area contributed by atoms with Crippen molar-refractivity contribution in [3.8, 4) is 11.5 Å². The number of phenolic OH excluding ortho intramolecular Hbond substituents is 1. The highest BCUT2D eigenvalue weighted by Gasteiger charge is 2.35. The van der Waals surface area contributed by atoms with Crippen LogP contribution in [0.2, 0.25) is 0 Å². The third kappa shape index (κ3) is 1.98. The van der Waals surface area contributed by atoms with Crippen LogP contribution in [-0.4, -0.2) is 17.0 Å². The smallest absolute Gasteiger partial charge is 0.173 e. The van der Waals surface area contributed by atoms with Gasteiger partial charge in [-0.15, -0.1) is 0 Å². The number of carbonyl (C=O) groups excluding carboxylic acids is 1. The van der Waals surface area contributed by atoms with Gasteiger partial charge in [0.05, 0.1) is 11.5 Å². The molecule has 2 rings (SSSR count). The molecule has 0 unspecified atom stereocenters. The maximum absolute atomic E-state index is 12.3. The Balaban J connectivity index is 2.48. The van der Waals surface area contributed by atoms with Gasteiger partial charge < -0.3 is 9.84 Å². The van der Waals surface area contributed by atoms with Crippen molar-refractivity contribution in [1.82, 2.24) is 0 Å². The molecule has 18 heavy (non-hydrogen) atoms. The van der Waals surface area contributed by atoms with E-state index < -0.39 is 0 Å². The predicted octanol–water partition coefficient (Wildman–Crippen LogP) is 3.33. The third-order valence-corrected chi connectivity index (χ3v) is 3.67. The molecule has 1 heterocycles. The van der Waals surface area contributed by atoms with E-state index in [1.807, 2.05) is 13.8 Å². The number of ketones is 1. The molecular formula is C15H20O3. The lowest BCUT2D eigenvalue weighted by molar-refractivity contribution is 0.0665. The Morgan fingerprint density at radius 2 is 2.06 bits per heavy atom. The number of hydrogen-bond donors (Lipinski definition) is 1. The second-order valence-corrected chi connectivity index (χ2v) is 4.89. The molecule has 0 bridgehead atoms. The van der Waals surface area contributed by atoms with Gasteiger partial charge in [-0.25, -0.2) is 0 Å². The average Bonchev–Trinajstić information content (AvgIpc) is 2.36. The van der Waals surface area contributed by atoms with Crippen molar-refractivity contribution in [1.29, 1.82) is 0 Å². The highest BCUT2D eigenvalue weighted by Crippen LogP contribution is 2.39. The zero-order chi connectivity index (χ0) is 13.3. The van der Waals surface area contributed by atoms with Gasteiger partial charge in [-0.05, 0) is 25.0 Å². The number of phenols is 1. The van der Waals surface area contributed by atoms with E-state index in [4.69, 9.17) is 4.74 Å². The first kappa shape index (κ1) is 12.9. The lowest BCUT2D eigenvalue weighted by Gasteiger charge is -2.31. The molecular weight excluding hydrogens is 228 g/mol. The maximum Gasteiger partial charge on any atom is 0.173 e. The minimum absolute atomic E-state index is 0.0675. The zero-order valence-corrected chi connectivity index (χ0v) is 11.2. The molecule has 0 fully saturated rings. The first-order valence-corrected chi connectivity index (χ1v) is 6.65. The Labute approximate surface area is 108 Å². The summed E-state index contributed by atoms with van der Waals surface area (Å²) in [5.41, 5.74) is 1.36. The summed E-state index contributed by atoms with van der Waals surface area (Å²) < 4.78 is 5.98. The Kier molecular flexibility index (Phi) is 3.60. The summed E-state index contributed by atoms with van der Waals surface area (Å²) in [6.45, 7) is 5.96. The summed E-state index contributed by atoms with van der Waals surface area (Å²) in [5, 5.41) is 9.84. The molecule has 1 aliphatic heterocycles. The molecule has 0 radical (unpaired) electrons. The summed E-state index contributed by atoms with van der Waals surface area (Å²) in [4.78, 5) is 12.3. The van der Waals surface area contributed by atoms with Gasteiger partial charge in [0.2, 0.25) is 0 Å². The largest absolute Gasteiger partial charge is 0.508 e. The highest BCUT2D eigenvalue weighted by molar-refractivity contribution is 6.02. The van der Waals surface area contributed by atoms with E-state index >= 15 is 0 Å². The first-order chi connectivity index (χ1) is 8.60. The molecule has 1 N–H and O–H groups in total. The van der Waals surface area contributed by atoms with Crippen LogP contribution in [0.1, 0.15) is 49.5 Å². The molecule has 1 aromatic rings. The van der Waals surface area contributed by atoms with Crippen LogP contribution in [0.15, 0.2) is 12.1 Å². The van der Waals surface area contributed by atoms with E-state index in [0.717, 1.165) is 18.4 Å². The third-order valence-electron chi connectivity index (χ3n) is 3.67. The van der Waals surface area contributed by atoms with Crippen molar-refractivity contribution < 1.29 is 14.6 Å². The minimum atomic E-state index is -0.105. The van der Waals surface area contributed by atoms with E-state index in [2.05, 4.69) is 6.92 Å². The summed E-state index contributed by atoms with van der Waals surface area (Å²) in [7, 11) is 0. The normalized spacial score (nSPS) is 22.5. The molecule has 0 saturated heterocycles. The van der Waals surface area contributed by atoms with Gasteiger partial charge in [0.25, 0.3) is 0 Å². The van der Waals surface area contributed by atoms with Crippen LogP contribution >= 0.6 is 0 Å². The lowest BCUT2D eigenvalue weighted by Crippen LogP contribution is -2.36. The molecule has 0 spiro atoms. The quantitative estimate of drug-likeness (QED) is 0.892. The summed E-state index contributed by atoms with van der Waals surface area (Å²) in [5.74, 6) is 0.837. The van der Waals surface area contributed by atoms with Crippen molar-refractivity contribution in [3.05, 3.63) is 23.3 Å². The summed E-state index contributed by atoms with van der Waals surface area (Å²) in [6.07, 6.45) is 2.44. The molecule has 2 atom stereocenters. The predicted molar refractivity (Wildman–Crippen MR) is 70.3 cm³/mol. The molecule has 1 aliphatic rings. The minimum Gasteiger partial charge on any atom is -0.508 e. The number of hydrogen-bond acceptors (Lipinski definition) is 3.